The molecular weight excluding hydrogens is 258 g/mol. The Balaban J connectivity index is 2.13. The minimum Gasteiger partial charge on any atom is -0.496 e. The first-order valence-corrected chi connectivity index (χ1v) is 6.76. The summed E-state index contributed by atoms with van der Waals surface area (Å²) < 4.78 is 15.9. The van der Waals surface area contributed by atoms with Crippen LogP contribution in [-0.2, 0) is 11.3 Å². The summed E-state index contributed by atoms with van der Waals surface area (Å²) in [6.07, 6.45) is 3.12. The molecule has 0 unspecified atom stereocenters. The molecule has 0 aromatic heterocycles. The highest BCUT2D eigenvalue weighted by atomic mass is 16.5. The number of carbonyl (C=O) groups excluding carboxylic acids is 1. The average Bonchev–Trinajstić information content (AvgIpc) is 2.42. The molecule has 1 saturated carbocycles. The third-order valence-corrected chi connectivity index (χ3v) is 3.73. The molecule has 0 saturated heterocycles. The topological polar surface area (TPSA) is 56.8 Å². The van der Waals surface area contributed by atoms with Crippen LogP contribution in [0.25, 0.3) is 0 Å². The Morgan fingerprint density at radius 1 is 1.15 bits per heavy atom. The van der Waals surface area contributed by atoms with Crippen molar-refractivity contribution < 1.29 is 19.0 Å². The summed E-state index contributed by atoms with van der Waals surface area (Å²) in [5.74, 6) is 2.24. The number of methoxy groups -OCH3 is 3. The SMILES string of the molecule is COc1cc(OC)c(CNC(=O)C2CCC2)c(OC)c1. The quantitative estimate of drug-likeness (QED) is 0.866. The number of ether oxygens (including phenoxy) is 3. The molecule has 1 fully saturated rings. The molecule has 1 amide bonds. The number of hydrogen-bond donors (Lipinski definition) is 1. The summed E-state index contributed by atoms with van der Waals surface area (Å²) in [5, 5.41) is 2.95. The lowest BCUT2D eigenvalue weighted by Gasteiger charge is -2.24. The van der Waals surface area contributed by atoms with E-state index < -0.39 is 0 Å². The van der Waals surface area contributed by atoms with Gasteiger partial charge in [0, 0.05) is 18.1 Å². The van der Waals surface area contributed by atoms with Gasteiger partial charge in [-0.2, -0.15) is 0 Å². The first-order chi connectivity index (χ1) is 9.69. The molecule has 2 rings (SSSR count). The van der Waals surface area contributed by atoms with Crippen molar-refractivity contribution in [2.45, 2.75) is 25.8 Å². The highest BCUT2D eigenvalue weighted by molar-refractivity contribution is 5.79. The maximum atomic E-state index is 11.9. The van der Waals surface area contributed by atoms with Crippen molar-refractivity contribution in [1.29, 1.82) is 0 Å². The van der Waals surface area contributed by atoms with E-state index in [0.717, 1.165) is 24.8 Å². The number of hydrogen-bond acceptors (Lipinski definition) is 4. The summed E-state index contributed by atoms with van der Waals surface area (Å²) in [6.45, 7) is 0.395. The zero-order chi connectivity index (χ0) is 14.5. The Morgan fingerprint density at radius 3 is 2.15 bits per heavy atom. The van der Waals surface area contributed by atoms with E-state index in [-0.39, 0.29) is 11.8 Å². The predicted molar refractivity (Wildman–Crippen MR) is 75.3 cm³/mol. The Kier molecular flexibility index (Phi) is 4.71. The van der Waals surface area contributed by atoms with Gasteiger partial charge in [0.05, 0.1) is 33.4 Å². The Morgan fingerprint density at radius 2 is 1.75 bits per heavy atom. The first-order valence-electron chi connectivity index (χ1n) is 6.76. The van der Waals surface area contributed by atoms with Crippen molar-refractivity contribution in [3.8, 4) is 17.2 Å². The molecule has 0 spiro atoms. The van der Waals surface area contributed by atoms with Gasteiger partial charge in [0.1, 0.15) is 17.2 Å². The molecule has 1 N–H and O–H groups in total. The van der Waals surface area contributed by atoms with Gasteiger partial charge in [0.25, 0.3) is 0 Å². The van der Waals surface area contributed by atoms with Crippen LogP contribution in [-0.4, -0.2) is 27.2 Å². The van der Waals surface area contributed by atoms with Gasteiger partial charge < -0.3 is 19.5 Å². The molecule has 1 aromatic carbocycles. The van der Waals surface area contributed by atoms with Crippen LogP contribution in [0.15, 0.2) is 12.1 Å². The Hall–Kier alpha value is -1.91. The second-order valence-corrected chi connectivity index (χ2v) is 4.86. The molecule has 1 aliphatic rings. The van der Waals surface area contributed by atoms with Gasteiger partial charge in [-0.1, -0.05) is 6.42 Å². The lowest BCUT2D eigenvalue weighted by atomic mass is 9.85. The van der Waals surface area contributed by atoms with Gasteiger partial charge in [-0.05, 0) is 12.8 Å². The van der Waals surface area contributed by atoms with Gasteiger partial charge in [-0.25, -0.2) is 0 Å². The standard InChI is InChI=1S/C15H21NO4/c1-18-11-7-13(19-2)12(14(8-11)20-3)9-16-15(17)10-5-4-6-10/h7-8,10H,4-6,9H2,1-3H3,(H,16,17). The van der Waals surface area contributed by atoms with Crippen LogP contribution >= 0.6 is 0 Å². The molecule has 5 nitrogen and oxygen atoms in total. The molecule has 110 valence electrons. The molecule has 0 heterocycles. The monoisotopic (exact) mass is 279 g/mol. The largest absolute Gasteiger partial charge is 0.496 e. The number of nitrogens with one attached hydrogen (secondary N) is 1. The van der Waals surface area contributed by atoms with E-state index >= 15 is 0 Å². The van der Waals surface area contributed by atoms with E-state index in [4.69, 9.17) is 14.2 Å². The van der Waals surface area contributed by atoms with Crippen molar-refractivity contribution in [3.05, 3.63) is 17.7 Å². The highest BCUT2D eigenvalue weighted by Gasteiger charge is 2.25. The highest BCUT2D eigenvalue weighted by Crippen LogP contribution is 2.34. The fourth-order valence-corrected chi connectivity index (χ4v) is 2.24. The van der Waals surface area contributed by atoms with Crippen LogP contribution in [0.3, 0.4) is 0 Å². The van der Waals surface area contributed by atoms with Gasteiger partial charge in [-0.3, -0.25) is 4.79 Å². The van der Waals surface area contributed by atoms with E-state index in [1.807, 2.05) is 0 Å². The third-order valence-electron chi connectivity index (χ3n) is 3.73. The Bertz CT molecular complexity index is 458. The molecule has 0 bridgehead atoms. The van der Waals surface area contributed by atoms with E-state index in [9.17, 15) is 4.79 Å². The van der Waals surface area contributed by atoms with E-state index in [2.05, 4.69) is 5.32 Å². The molecule has 1 aromatic rings. The minimum atomic E-state index is 0.108. The number of amides is 1. The molecule has 0 atom stereocenters. The lowest BCUT2D eigenvalue weighted by molar-refractivity contribution is -0.127. The summed E-state index contributed by atoms with van der Waals surface area (Å²) in [6, 6.07) is 3.57. The Labute approximate surface area is 119 Å². The van der Waals surface area contributed by atoms with Crippen LogP contribution < -0.4 is 19.5 Å². The van der Waals surface area contributed by atoms with Gasteiger partial charge in [-0.15, -0.1) is 0 Å². The van der Waals surface area contributed by atoms with E-state index in [1.165, 1.54) is 0 Å². The molecule has 0 radical (unpaired) electrons. The summed E-state index contributed by atoms with van der Waals surface area (Å²) in [7, 11) is 4.77. The van der Waals surface area contributed by atoms with Crippen molar-refractivity contribution in [2.24, 2.45) is 5.92 Å². The van der Waals surface area contributed by atoms with Gasteiger partial charge >= 0.3 is 0 Å². The smallest absolute Gasteiger partial charge is 0.223 e. The van der Waals surface area contributed by atoms with Gasteiger partial charge in [0.15, 0.2) is 0 Å². The number of rotatable bonds is 6. The van der Waals surface area contributed by atoms with Gasteiger partial charge in [0.2, 0.25) is 5.91 Å². The first kappa shape index (κ1) is 14.5. The van der Waals surface area contributed by atoms with Crippen molar-refractivity contribution >= 4 is 5.91 Å². The van der Waals surface area contributed by atoms with E-state index in [0.29, 0.717) is 23.8 Å². The molecule has 1 aliphatic carbocycles. The van der Waals surface area contributed by atoms with Crippen LogP contribution in [0.2, 0.25) is 0 Å². The maximum absolute atomic E-state index is 11.9. The molecular formula is C15H21NO4. The van der Waals surface area contributed by atoms with Crippen LogP contribution in [0.1, 0.15) is 24.8 Å². The van der Waals surface area contributed by atoms with Crippen LogP contribution in [0.4, 0.5) is 0 Å². The normalized spacial score (nSPS) is 14.3. The average molecular weight is 279 g/mol. The predicted octanol–water partition coefficient (Wildman–Crippen LogP) is 2.13. The summed E-state index contributed by atoms with van der Waals surface area (Å²) >= 11 is 0. The lowest BCUT2D eigenvalue weighted by Crippen LogP contribution is -2.34. The zero-order valence-corrected chi connectivity index (χ0v) is 12.2. The molecule has 0 aliphatic heterocycles. The second-order valence-electron chi connectivity index (χ2n) is 4.86. The molecule has 20 heavy (non-hydrogen) atoms. The van der Waals surface area contributed by atoms with E-state index in [1.54, 1.807) is 33.5 Å². The fraction of sp³-hybridized carbons (Fsp3) is 0.533. The van der Waals surface area contributed by atoms with Crippen molar-refractivity contribution in [2.75, 3.05) is 21.3 Å². The van der Waals surface area contributed by atoms with Crippen molar-refractivity contribution in [3.63, 3.8) is 0 Å². The third kappa shape index (κ3) is 2.98. The molecule has 5 heteroatoms. The van der Waals surface area contributed by atoms with Crippen LogP contribution in [0.5, 0.6) is 17.2 Å². The number of carbonyl (C=O) groups is 1. The fourth-order valence-electron chi connectivity index (χ4n) is 2.24. The number of benzene rings is 1. The zero-order valence-electron chi connectivity index (χ0n) is 12.2. The summed E-state index contributed by atoms with van der Waals surface area (Å²) in [5.41, 5.74) is 0.823. The minimum absolute atomic E-state index is 0.108. The van der Waals surface area contributed by atoms with Crippen molar-refractivity contribution in [1.82, 2.24) is 5.32 Å². The summed E-state index contributed by atoms with van der Waals surface area (Å²) in [4.78, 5) is 11.9. The van der Waals surface area contributed by atoms with Crippen LogP contribution in [0, 0.1) is 5.92 Å². The maximum Gasteiger partial charge on any atom is 0.223 e. The second kappa shape index (κ2) is 6.50.